The second-order valence-corrected chi connectivity index (χ2v) is 12.6. The summed E-state index contributed by atoms with van der Waals surface area (Å²) in [7, 11) is 0. The van der Waals surface area contributed by atoms with Gasteiger partial charge < -0.3 is 19.5 Å². The van der Waals surface area contributed by atoms with Crippen LogP contribution in [-0.2, 0) is 22.6 Å². The number of aromatic nitrogens is 1. The Hall–Kier alpha value is -2.16. The zero-order valence-corrected chi connectivity index (χ0v) is 22.6. The second kappa shape index (κ2) is 9.86. The van der Waals surface area contributed by atoms with Crippen molar-refractivity contribution in [1.82, 2.24) is 9.88 Å². The Labute approximate surface area is 226 Å². The van der Waals surface area contributed by atoms with Crippen molar-refractivity contribution in [2.75, 3.05) is 13.2 Å². The number of nitrogens with zero attached hydrogens (tertiary/aromatic N) is 2. The summed E-state index contributed by atoms with van der Waals surface area (Å²) in [5.41, 5.74) is 1.13. The van der Waals surface area contributed by atoms with Crippen LogP contribution in [0.4, 0.5) is 0 Å². The number of rotatable bonds is 8. The Morgan fingerprint density at radius 1 is 1.27 bits per heavy atom. The number of benzene rings is 1. The minimum Gasteiger partial charge on any atom is -0.487 e. The van der Waals surface area contributed by atoms with Gasteiger partial charge in [0, 0.05) is 28.9 Å². The second-order valence-electron chi connectivity index (χ2n) is 11.3. The molecule has 7 rings (SSSR count). The van der Waals surface area contributed by atoms with Gasteiger partial charge in [0.2, 0.25) is 10.9 Å². The van der Waals surface area contributed by atoms with E-state index in [1.165, 1.54) is 11.3 Å². The zero-order chi connectivity index (χ0) is 25.7. The molecule has 2 aromatic rings. The molecule has 5 fully saturated rings. The third-order valence-electron chi connectivity index (χ3n) is 8.78. The molecule has 9 heteroatoms. The molecule has 0 spiro atoms. The molecule has 5 aliphatic rings. The Balaban J connectivity index is 1.06. The fourth-order valence-corrected chi connectivity index (χ4v) is 8.52. The molecule has 1 amide bonds. The normalized spacial score (nSPS) is 32.2. The number of hydrogen-bond acceptors (Lipinski definition) is 7. The first kappa shape index (κ1) is 25.1. The summed E-state index contributed by atoms with van der Waals surface area (Å²) in [4.78, 5) is 31.7. The SMILES string of the molecule is CCOC(=O)c1nc(COc2ccc(CC3CCN(C4C5CC6CC4CC(O)(C6)C5)C3=O)c(Cl)c2)cs1. The van der Waals surface area contributed by atoms with Gasteiger partial charge in [-0.25, -0.2) is 9.78 Å². The van der Waals surface area contributed by atoms with E-state index in [1.807, 2.05) is 12.1 Å². The van der Waals surface area contributed by atoms with Crippen LogP contribution in [0.5, 0.6) is 5.75 Å². The van der Waals surface area contributed by atoms with Gasteiger partial charge in [0.1, 0.15) is 12.4 Å². The summed E-state index contributed by atoms with van der Waals surface area (Å²) in [6.07, 6.45) is 6.48. The van der Waals surface area contributed by atoms with Crippen molar-refractivity contribution in [3.8, 4) is 5.75 Å². The van der Waals surface area contributed by atoms with Crippen LogP contribution in [0.1, 0.15) is 66.5 Å². The summed E-state index contributed by atoms with van der Waals surface area (Å²) in [6, 6.07) is 5.90. The number of amides is 1. The van der Waals surface area contributed by atoms with Gasteiger partial charge in [-0.2, -0.15) is 0 Å². The molecule has 1 saturated heterocycles. The van der Waals surface area contributed by atoms with Crippen LogP contribution in [0, 0.1) is 23.7 Å². The van der Waals surface area contributed by atoms with Gasteiger partial charge in [0.15, 0.2) is 0 Å². The lowest BCUT2D eigenvalue weighted by Gasteiger charge is -2.59. The highest BCUT2D eigenvalue weighted by atomic mass is 35.5. The first-order chi connectivity index (χ1) is 17.8. The lowest BCUT2D eigenvalue weighted by Crippen LogP contribution is -2.62. The van der Waals surface area contributed by atoms with E-state index in [0.29, 0.717) is 58.3 Å². The summed E-state index contributed by atoms with van der Waals surface area (Å²) in [5, 5.41) is 13.6. The van der Waals surface area contributed by atoms with Crippen LogP contribution in [0.15, 0.2) is 23.6 Å². The number of aliphatic hydroxyl groups is 1. The van der Waals surface area contributed by atoms with E-state index >= 15 is 0 Å². The highest BCUT2D eigenvalue weighted by molar-refractivity contribution is 7.11. The number of likely N-dealkylation sites (tertiary alicyclic amines) is 1. The predicted octanol–water partition coefficient (Wildman–Crippen LogP) is 4.88. The number of carbonyl (C=O) groups is 2. The van der Waals surface area contributed by atoms with Crippen molar-refractivity contribution < 1.29 is 24.2 Å². The van der Waals surface area contributed by atoms with Crippen LogP contribution >= 0.6 is 22.9 Å². The fourth-order valence-electron chi connectivity index (χ4n) is 7.58. The molecule has 1 aromatic heterocycles. The molecule has 2 heterocycles. The maximum atomic E-state index is 13.5. The van der Waals surface area contributed by atoms with Gasteiger partial charge in [-0.05, 0) is 87.3 Å². The van der Waals surface area contributed by atoms with Crippen molar-refractivity contribution in [1.29, 1.82) is 0 Å². The van der Waals surface area contributed by atoms with E-state index in [-0.39, 0.29) is 18.4 Å². The molecular formula is C28H33ClN2O5S. The highest BCUT2D eigenvalue weighted by Crippen LogP contribution is 2.57. The van der Waals surface area contributed by atoms with Crippen LogP contribution in [-0.4, -0.2) is 51.7 Å². The number of thiazole rings is 1. The molecule has 37 heavy (non-hydrogen) atoms. The monoisotopic (exact) mass is 544 g/mol. The third-order valence-corrected chi connectivity index (χ3v) is 10.0. The number of ether oxygens (including phenoxy) is 2. The maximum absolute atomic E-state index is 13.5. The van der Waals surface area contributed by atoms with Gasteiger partial charge in [0.05, 0.1) is 17.9 Å². The molecule has 4 bridgehead atoms. The lowest BCUT2D eigenvalue weighted by atomic mass is 9.52. The third kappa shape index (κ3) is 4.88. The number of hydrogen-bond donors (Lipinski definition) is 1. The predicted molar refractivity (Wildman–Crippen MR) is 140 cm³/mol. The maximum Gasteiger partial charge on any atom is 0.367 e. The van der Waals surface area contributed by atoms with E-state index < -0.39 is 11.6 Å². The van der Waals surface area contributed by atoms with E-state index in [2.05, 4.69) is 9.88 Å². The van der Waals surface area contributed by atoms with Crippen molar-refractivity contribution >= 4 is 34.8 Å². The van der Waals surface area contributed by atoms with Crippen molar-refractivity contribution in [2.45, 2.75) is 70.1 Å². The molecule has 7 nitrogen and oxygen atoms in total. The number of esters is 1. The van der Waals surface area contributed by atoms with E-state index in [1.54, 1.807) is 18.4 Å². The van der Waals surface area contributed by atoms with Crippen LogP contribution in [0.3, 0.4) is 0 Å². The van der Waals surface area contributed by atoms with Crippen molar-refractivity contribution in [2.24, 2.45) is 23.7 Å². The van der Waals surface area contributed by atoms with Crippen LogP contribution in [0.2, 0.25) is 5.02 Å². The minimum absolute atomic E-state index is 0.0548. The van der Waals surface area contributed by atoms with Gasteiger partial charge in [-0.3, -0.25) is 4.79 Å². The van der Waals surface area contributed by atoms with E-state index in [9.17, 15) is 14.7 Å². The number of halogens is 1. The molecule has 4 saturated carbocycles. The van der Waals surface area contributed by atoms with E-state index in [0.717, 1.165) is 50.6 Å². The summed E-state index contributed by atoms with van der Waals surface area (Å²) in [6.45, 7) is 3.11. The first-order valence-corrected chi connectivity index (χ1v) is 14.6. The quantitative estimate of drug-likeness (QED) is 0.476. The van der Waals surface area contributed by atoms with Crippen LogP contribution in [0.25, 0.3) is 0 Å². The molecule has 1 N–H and O–H groups in total. The average molecular weight is 545 g/mol. The molecule has 0 radical (unpaired) electrons. The average Bonchev–Trinajstić information content (AvgIpc) is 3.46. The van der Waals surface area contributed by atoms with Crippen LogP contribution < -0.4 is 4.74 Å². The Kier molecular flexibility index (Phi) is 6.70. The lowest BCUT2D eigenvalue weighted by molar-refractivity contribution is -0.168. The first-order valence-electron chi connectivity index (χ1n) is 13.4. The van der Waals surface area contributed by atoms with Gasteiger partial charge >= 0.3 is 5.97 Å². The van der Waals surface area contributed by atoms with Gasteiger partial charge in [-0.15, -0.1) is 11.3 Å². The summed E-state index contributed by atoms with van der Waals surface area (Å²) < 4.78 is 10.8. The van der Waals surface area contributed by atoms with Crippen molar-refractivity contribution in [3.05, 3.63) is 44.9 Å². The van der Waals surface area contributed by atoms with Gasteiger partial charge in [0.25, 0.3) is 0 Å². The molecule has 1 aromatic carbocycles. The standard InChI is InChI=1S/C28H33ClN2O5S/c1-2-35-27(33)25-30-21(15-37-25)14-36-22-4-3-17(23(29)10-22)9-18-5-6-31(26(18)32)24-19-7-16-8-20(24)13-28(34,11-16)12-19/h3-4,10,15-16,18-20,24,34H,2,5-9,11-14H2,1H3. The minimum atomic E-state index is -0.477. The Bertz CT molecular complexity index is 1180. The number of carbonyl (C=O) groups excluding carboxylic acids is 2. The molecule has 3 atom stereocenters. The molecule has 4 aliphatic carbocycles. The molecule has 1 aliphatic heterocycles. The van der Waals surface area contributed by atoms with Crippen molar-refractivity contribution in [3.63, 3.8) is 0 Å². The Morgan fingerprint density at radius 2 is 2.05 bits per heavy atom. The van der Waals surface area contributed by atoms with Gasteiger partial charge in [-0.1, -0.05) is 17.7 Å². The highest BCUT2D eigenvalue weighted by Gasteiger charge is 2.57. The summed E-state index contributed by atoms with van der Waals surface area (Å²) in [5.74, 6) is 1.93. The molecular weight excluding hydrogens is 512 g/mol. The molecule has 3 unspecified atom stereocenters. The fraction of sp³-hybridized carbons (Fsp3) is 0.607. The topological polar surface area (TPSA) is 89.0 Å². The largest absolute Gasteiger partial charge is 0.487 e. The summed E-state index contributed by atoms with van der Waals surface area (Å²) >= 11 is 7.84. The zero-order valence-electron chi connectivity index (χ0n) is 21.0. The van der Waals surface area contributed by atoms with E-state index in [4.69, 9.17) is 21.1 Å². The molecule has 198 valence electrons. The smallest absolute Gasteiger partial charge is 0.367 e. The Morgan fingerprint density at radius 3 is 2.76 bits per heavy atom.